The van der Waals surface area contributed by atoms with Crippen molar-refractivity contribution in [3.8, 4) is 17.1 Å². The van der Waals surface area contributed by atoms with Gasteiger partial charge in [-0.05, 0) is 54.6 Å². The van der Waals surface area contributed by atoms with Crippen molar-refractivity contribution in [2.24, 2.45) is 7.05 Å². The fraction of sp³-hybridized carbons (Fsp3) is 0.0800. The van der Waals surface area contributed by atoms with Crippen molar-refractivity contribution in [2.75, 3.05) is 5.32 Å². The Morgan fingerprint density at radius 2 is 1.91 bits per heavy atom. The second-order valence-electron chi connectivity index (χ2n) is 7.31. The average molecular weight is 441 g/mol. The van der Waals surface area contributed by atoms with E-state index in [4.69, 9.17) is 9.72 Å². The van der Waals surface area contributed by atoms with Crippen molar-refractivity contribution in [2.45, 2.75) is 6.61 Å². The van der Waals surface area contributed by atoms with Crippen LogP contribution in [0, 0.1) is 0 Å². The van der Waals surface area contributed by atoms with E-state index < -0.39 is 0 Å². The standard InChI is InChI=1S/C25H20N4O2S/c1-29-23-8-3-2-7-22(23)28-24(29)17-9-11-19(12-10-17)27-25(30)18-5-4-6-21(13-18)31-14-20-15-32-16-26-20/h2-13,15-16H,14H2,1H3,(H,27,30). The topological polar surface area (TPSA) is 69.0 Å². The van der Waals surface area contributed by atoms with Gasteiger partial charge in [-0.3, -0.25) is 4.79 Å². The fourth-order valence-electron chi connectivity index (χ4n) is 3.50. The van der Waals surface area contributed by atoms with E-state index in [9.17, 15) is 4.79 Å². The SMILES string of the molecule is Cn1c(-c2ccc(NC(=O)c3cccc(OCc4cscn4)c3)cc2)nc2ccccc21. The number of amides is 1. The van der Waals surface area contributed by atoms with E-state index in [2.05, 4.69) is 20.9 Å². The van der Waals surface area contributed by atoms with Gasteiger partial charge in [-0.1, -0.05) is 18.2 Å². The van der Waals surface area contributed by atoms with E-state index >= 15 is 0 Å². The first-order valence-corrected chi connectivity index (χ1v) is 11.0. The number of para-hydroxylation sites is 2. The molecule has 1 N–H and O–H groups in total. The predicted molar refractivity (Wildman–Crippen MR) is 127 cm³/mol. The van der Waals surface area contributed by atoms with Crippen LogP contribution in [-0.2, 0) is 13.7 Å². The minimum atomic E-state index is -0.195. The number of benzene rings is 3. The quantitative estimate of drug-likeness (QED) is 0.377. The number of thiazole rings is 1. The third-order valence-electron chi connectivity index (χ3n) is 5.15. The first-order valence-electron chi connectivity index (χ1n) is 10.1. The van der Waals surface area contributed by atoms with Gasteiger partial charge in [0.25, 0.3) is 5.91 Å². The Balaban J connectivity index is 1.28. The lowest BCUT2D eigenvalue weighted by atomic mass is 10.1. The molecule has 0 radical (unpaired) electrons. The highest BCUT2D eigenvalue weighted by Gasteiger charge is 2.11. The van der Waals surface area contributed by atoms with Crippen LogP contribution in [0.25, 0.3) is 22.4 Å². The van der Waals surface area contributed by atoms with Crippen molar-refractivity contribution < 1.29 is 9.53 Å². The monoisotopic (exact) mass is 440 g/mol. The molecule has 6 nitrogen and oxygen atoms in total. The van der Waals surface area contributed by atoms with Crippen molar-refractivity contribution >= 4 is 34.0 Å². The first kappa shape index (κ1) is 20.0. The number of carbonyl (C=O) groups is 1. The summed E-state index contributed by atoms with van der Waals surface area (Å²) in [6.45, 7) is 0.373. The fourth-order valence-corrected chi connectivity index (χ4v) is 4.05. The third-order valence-corrected chi connectivity index (χ3v) is 5.79. The third kappa shape index (κ3) is 4.10. The zero-order valence-corrected chi connectivity index (χ0v) is 18.2. The number of hydrogen-bond donors (Lipinski definition) is 1. The van der Waals surface area contributed by atoms with Gasteiger partial charge in [0.15, 0.2) is 0 Å². The van der Waals surface area contributed by atoms with Crippen molar-refractivity contribution in [1.82, 2.24) is 14.5 Å². The van der Waals surface area contributed by atoms with Crippen molar-refractivity contribution in [3.63, 3.8) is 0 Å². The van der Waals surface area contributed by atoms with Crippen LogP contribution in [0.4, 0.5) is 5.69 Å². The predicted octanol–water partition coefficient (Wildman–Crippen LogP) is 5.53. The Labute approximate surface area is 189 Å². The molecule has 0 bridgehead atoms. The van der Waals surface area contributed by atoms with Gasteiger partial charge in [-0.15, -0.1) is 11.3 Å². The molecule has 5 rings (SSSR count). The maximum absolute atomic E-state index is 12.7. The summed E-state index contributed by atoms with van der Waals surface area (Å²) in [6, 6.07) is 22.9. The minimum absolute atomic E-state index is 0.195. The molecular formula is C25H20N4O2S. The molecule has 0 unspecified atom stereocenters. The molecule has 158 valence electrons. The Kier molecular flexibility index (Phi) is 5.39. The lowest BCUT2D eigenvalue weighted by Crippen LogP contribution is -2.12. The zero-order chi connectivity index (χ0) is 21.9. The Morgan fingerprint density at radius 3 is 2.69 bits per heavy atom. The van der Waals surface area contributed by atoms with Gasteiger partial charge in [0.2, 0.25) is 0 Å². The number of nitrogens with zero attached hydrogens (tertiary/aromatic N) is 3. The molecule has 2 aromatic heterocycles. The number of rotatable bonds is 6. The van der Waals surface area contributed by atoms with Gasteiger partial charge in [0, 0.05) is 29.2 Å². The largest absolute Gasteiger partial charge is 0.487 e. The van der Waals surface area contributed by atoms with Gasteiger partial charge in [-0.25, -0.2) is 9.97 Å². The number of carbonyl (C=O) groups excluding carboxylic acids is 1. The van der Waals surface area contributed by atoms with Crippen LogP contribution in [0.3, 0.4) is 0 Å². The molecule has 0 saturated carbocycles. The number of nitrogens with one attached hydrogen (secondary N) is 1. The summed E-state index contributed by atoms with van der Waals surface area (Å²) in [5.41, 5.74) is 6.90. The van der Waals surface area contributed by atoms with Crippen molar-refractivity contribution in [3.05, 3.63) is 94.9 Å². The summed E-state index contributed by atoms with van der Waals surface area (Å²) >= 11 is 1.52. The van der Waals surface area contributed by atoms with E-state index in [-0.39, 0.29) is 5.91 Å². The van der Waals surface area contributed by atoms with E-state index in [1.807, 2.05) is 61.0 Å². The van der Waals surface area contributed by atoms with E-state index in [0.717, 1.165) is 28.1 Å². The number of aryl methyl sites for hydroxylation is 1. The second kappa shape index (κ2) is 8.64. The normalized spacial score (nSPS) is 10.9. The maximum Gasteiger partial charge on any atom is 0.255 e. The van der Waals surface area contributed by atoms with Gasteiger partial charge < -0.3 is 14.6 Å². The molecule has 5 aromatic rings. The van der Waals surface area contributed by atoms with Gasteiger partial charge in [0.1, 0.15) is 18.2 Å². The minimum Gasteiger partial charge on any atom is -0.487 e. The Bertz CT molecular complexity index is 1380. The van der Waals surface area contributed by atoms with Gasteiger partial charge in [-0.2, -0.15) is 0 Å². The number of ether oxygens (including phenoxy) is 1. The van der Waals surface area contributed by atoms with Crippen LogP contribution in [-0.4, -0.2) is 20.4 Å². The molecule has 0 atom stereocenters. The van der Waals surface area contributed by atoms with Crippen LogP contribution in [0.5, 0.6) is 5.75 Å². The second-order valence-corrected chi connectivity index (χ2v) is 8.03. The Morgan fingerprint density at radius 1 is 1.06 bits per heavy atom. The van der Waals surface area contributed by atoms with Crippen LogP contribution in [0.2, 0.25) is 0 Å². The maximum atomic E-state index is 12.7. The first-order chi connectivity index (χ1) is 15.7. The van der Waals surface area contributed by atoms with Crippen LogP contribution >= 0.6 is 11.3 Å². The Hall–Kier alpha value is -3.97. The smallest absolute Gasteiger partial charge is 0.255 e. The molecule has 7 heteroatoms. The summed E-state index contributed by atoms with van der Waals surface area (Å²) in [4.78, 5) is 21.7. The molecule has 0 aliphatic rings. The molecule has 0 aliphatic carbocycles. The lowest BCUT2D eigenvalue weighted by Gasteiger charge is -2.09. The highest BCUT2D eigenvalue weighted by Crippen LogP contribution is 2.25. The molecule has 0 aliphatic heterocycles. The van der Waals surface area contributed by atoms with Gasteiger partial charge >= 0.3 is 0 Å². The van der Waals surface area contributed by atoms with E-state index in [1.165, 1.54) is 11.3 Å². The van der Waals surface area contributed by atoms with Crippen LogP contribution in [0.15, 0.2) is 83.7 Å². The molecule has 1 amide bonds. The molecule has 32 heavy (non-hydrogen) atoms. The number of imidazole rings is 1. The molecule has 3 aromatic carbocycles. The number of anilines is 1. The highest BCUT2D eigenvalue weighted by atomic mass is 32.1. The molecule has 0 fully saturated rings. The number of fused-ring (bicyclic) bond motifs is 1. The molecule has 0 saturated heterocycles. The van der Waals surface area contributed by atoms with E-state index in [1.54, 1.807) is 23.7 Å². The molecular weight excluding hydrogens is 420 g/mol. The van der Waals surface area contributed by atoms with E-state index in [0.29, 0.717) is 23.6 Å². The summed E-state index contributed by atoms with van der Waals surface area (Å²) in [5, 5.41) is 4.88. The highest BCUT2D eigenvalue weighted by molar-refractivity contribution is 7.07. The molecule has 2 heterocycles. The molecule has 0 spiro atoms. The van der Waals surface area contributed by atoms with Gasteiger partial charge in [0.05, 0.1) is 22.2 Å². The van der Waals surface area contributed by atoms with Crippen molar-refractivity contribution in [1.29, 1.82) is 0 Å². The summed E-state index contributed by atoms with van der Waals surface area (Å²) < 4.78 is 7.82. The van der Waals surface area contributed by atoms with Crippen LogP contribution < -0.4 is 10.1 Å². The van der Waals surface area contributed by atoms with Crippen LogP contribution in [0.1, 0.15) is 16.1 Å². The average Bonchev–Trinajstić information content (AvgIpc) is 3.47. The summed E-state index contributed by atoms with van der Waals surface area (Å²) in [5.74, 6) is 1.32. The number of hydrogen-bond acceptors (Lipinski definition) is 5. The number of aromatic nitrogens is 3. The summed E-state index contributed by atoms with van der Waals surface area (Å²) in [7, 11) is 2.00. The lowest BCUT2D eigenvalue weighted by molar-refractivity contribution is 0.102. The zero-order valence-electron chi connectivity index (χ0n) is 17.4. The summed E-state index contributed by atoms with van der Waals surface area (Å²) in [6.07, 6.45) is 0.